The summed E-state index contributed by atoms with van der Waals surface area (Å²) in [5, 5.41) is -0.230. The second-order valence-corrected chi connectivity index (χ2v) is 31.6. The van der Waals surface area contributed by atoms with E-state index in [4.69, 9.17) is 11.0 Å². The van der Waals surface area contributed by atoms with Gasteiger partial charge in [0.25, 0.3) is 6.71 Å². The number of nitrogens with zero attached hydrogens (tertiary/aromatic N) is 4. The Bertz CT molecular complexity index is 5890. The molecule has 16 rings (SSSR count). The maximum atomic E-state index is 9.70. The number of benzene rings is 12. The topological polar surface area (TPSA) is 16.3 Å². The third-order valence-electron chi connectivity index (χ3n) is 20.0. The summed E-state index contributed by atoms with van der Waals surface area (Å²) in [6, 6.07) is 47.3. The Labute approximate surface area is 597 Å². The molecule has 0 saturated carbocycles. The minimum absolute atomic E-state index is 0.0333. The van der Waals surface area contributed by atoms with Crippen molar-refractivity contribution >= 4 is 101 Å². The Hall–Kier alpha value is -10.1. The molecule has 97 heavy (non-hydrogen) atoms. The SMILES string of the molecule is [2H]c1c([2H])c([2H])c2c(c1[2H])c1c([2H])c([2H])c([2H])c([2H])c1n2-c1ccc2c(c1)N(c1ccc(-c3cc(C(C)(C)C)cc(C(C)(C)C)c3)cc1)c1cc(-c3ccc(C(C)(C)C)cc3)cc3c1B2c1ccc(-n2c4c([2H])c([2H])c([2H])c([2H])c4c4c([2H])c([2H])c([2H])c([2H])c42)cc1N3c1ccc(-c2cc(C(C)(C)C)cc(C(C)(C)C)c2)cc1. The van der Waals surface area contributed by atoms with E-state index in [0.717, 1.165) is 78.1 Å². The molecule has 0 bridgehead atoms. The highest BCUT2D eigenvalue weighted by atomic mass is 15.2. The molecular formula is C92H87BN4. The van der Waals surface area contributed by atoms with E-state index in [2.05, 4.69) is 235 Å². The van der Waals surface area contributed by atoms with Crippen LogP contribution >= 0.6 is 0 Å². The summed E-state index contributed by atoms with van der Waals surface area (Å²) < 4.78 is 152. The van der Waals surface area contributed by atoms with Crippen molar-refractivity contribution in [2.45, 2.75) is 131 Å². The van der Waals surface area contributed by atoms with Crippen LogP contribution in [0.2, 0.25) is 0 Å². The molecule has 0 N–H and O–H groups in total. The van der Waals surface area contributed by atoms with Crippen LogP contribution in [0.4, 0.5) is 34.1 Å². The van der Waals surface area contributed by atoms with Crippen LogP contribution in [0.1, 0.15) is 154 Å². The van der Waals surface area contributed by atoms with Crippen LogP contribution in [0, 0.1) is 0 Å². The first-order valence-corrected chi connectivity index (χ1v) is 33.6. The van der Waals surface area contributed by atoms with Crippen LogP contribution < -0.4 is 26.2 Å². The standard InChI is InChI=1S/C92H87BN4/c1-88(2,3)64-38-32-58(33-39-64)63-52-85-87-86(53-63)95(70-42-36-60(37-43-70)62-50-67(91(10,11)12)55-68(51-62)92(13,14)15)84-57-72(97-81-30-22-18-26-75(81)76-27-19-23-31-82(76)97)45-47-78(84)93(87)77-46-44-71(96-79-28-20-16-24-73(79)74-25-17-21-29-80(74)96)56-83(77)94(85)69-40-34-59(35-41-69)61-48-65(89(4,5)6)54-66(49-61)90(7,8)9/h16-57H,1-15H3/i16D,17D,18D,19D,20D,21D,22D,23D,24D,25D,26D,27D,28D,29D,30D,31D. The van der Waals surface area contributed by atoms with Gasteiger partial charge in [-0.2, -0.15) is 0 Å². The molecule has 0 aliphatic carbocycles. The van der Waals surface area contributed by atoms with Crippen molar-refractivity contribution in [3.05, 3.63) is 282 Å². The zero-order valence-corrected chi connectivity index (χ0v) is 57.9. The van der Waals surface area contributed by atoms with Crippen LogP contribution in [0.5, 0.6) is 0 Å². The molecule has 5 heteroatoms. The summed E-state index contributed by atoms with van der Waals surface area (Å²) in [6.07, 6.45) is 0. The average molecular weight is 1280 g/mol. The number of aromatic nitrogens is 2. The van der Waals surface area contributed by atoms with Gasteiger partial charge in [0.1, 0.15) is 0 Å². The lowest BCUT2D eigenvalue weighted by molar-refractivity contribution is 0.568. The number of fused-ring (bicyclic) bond motifs is 10. The fourth-order valence-electron chi connectivity index (χ4n) is 14.4. The van der Waals surface area contributed by atoms with E-state index >= 15 is 0 Å². The molecule has 14 aromatic rings. The molecular weight excluding hydrogens is 1170 g/mol. The van der Waals surface area contributed by atoms with Gasteiger partial charge in [0.15, 0.2) is 0 Å². The molecule has 12 aromatic carbocycles. The van der Waals surface area contributed by atoms with E-state index in [9.17, 15) is 11.0 Å². The van der Waals surface area contributed by atoms with Gasteiger partial charge in [-0.15, -0.1) is 0 Å². The normalized spacial score (nSPS) is 15.8. The molecule has 4 heterocycles. The van der Waals surface area contributed by atoms with Crippen LogP contribution in [0.25, 0.3) is 88.4 Å². The highest BCUT2D eigenvalue weighted by Crippen LogP contribution is 2.49. The summed E-state index contributed by atoms with van der Waals surface area (Å²) in [7, 11) is 0. The first-order chi connectivity index (χ1) is 52.9. The number of para-hydroxylation sites is 4. The highest BCUT2D eigenvalue weighted by Gasteiger charge is 2.44. The van der Waals surface area contributed by atoms with Crippen molar-refractivity contribution in [1.82, 2.24) is 9.13 Å². The predicted molar refractivity (Wildman–Crippen MR) is 419 cm³/mol. The monoisotopic (exact) mass is 1270 g/mol. The van der Waals surface area contributed by atoms with E-state index in [-0.39, 0.29) is 70.7 Å². The molecule has 0 fully saturated rings. The maximum absolute atomic E-state index is 9.70. The van der Waals surface area contributed by atoms with Gasteiger partial charge < -0.3 is 18.9 Å². The summed E-state index contributed by atoms with van der Waals surface area (Å²) in [5.74, 6) is 0. The Morgan fingerprint density at radius 2 is 0.536 bits per heavy atom. The lowest BCUT2D eigenvalue weighted by Gasteiger charge is -2.44. The summed E-state index contributed by atoms with van der Waals surface area (Å²) >= 11 is 0. The second-order valence-electron chi connectivity index (χ2n) is 31.6. The van der Waals surface area contributed by atoms with Crippen LogP contribution in [-0.4, -0.2) is 15.8 Å². The number of hydrogen-bond acceptors (Lipinski definition) is 2. The Kier molecular flexibility index (Phi) is 10.6. The molecule has 0 saturated heterocycles. The van der Waals surface area contributed by atoms with Gasteiger partial charge in [0.05, 0.1) is 44.0 Å². The molecule has 0 spiro atoms. The van der Waals surface area contributed by atoms with Gasteiger partial charge in [-0.3, -0.25) is 0 Å². The second kappa shape index (κ2) is 22.2. The van der Waals surface area contributed by atoms with E-state index in [1.165, 1.54) is 22.3 Å². The fraction of sp³-hybridized carbons (Fsp3) is 0.217. The van der Waals surface area contributed by atoms with Crippen molar-refractivity contribution in [3.8, 4) is 44.8 Å². The molecule has 2 aliphatic rings. The summed E-state index contributed by atoms with van der Waals surface area (Å²) in [6.45, 7) is 32.5. The van der Waals surface area contributed by atoms with Crippen molar-refractivity contribution in [2.75, 3.05) is 9.80 Å². The average Bonchev–Trinajstić information content (AvgIpc) is 1.34. The highest BCUT2D eigenvalue weighted by molar-refractivity contribution is 7.00. The van der Waals surface area contributed by atoms with Gasteiger partial charge in [-0.05, 0) is 189 Å². The molecule has 2 aromatic heterocycles. The van der Waals surface area contributed by atoms with Crippen molar-refractivity contribution in [1.29, 1.82) is 0 Å². The van der Waals surface area contributed by atoms with Crippen molar-refractivity contribution in [2.24, 2.45) is 0 Å². The summed E-state index contributed by atoms with van der Waals surface area (Å²) in [5.41, 5.74) is 17.9. The zero-order valence-electron chi connectivity index (χ0n) is 73.9. The van der Waals surface area contributed by atoms with Crippen molar-refractivity contribution in [3.63, 3.8) is 0 Å². The molecule has 0 atom stereocenters. The largest absolute Gasteiger partial charge is 0.311 e. The zero-order chi connectivity index (χ0) is 81.3. The fourth-order valence-corrected chi connectivity index (χ4v) is 14.4. The third kappa shape index (κ3) is 10.5. The lowest BCUT2D eigenvalue weighted by atomic mass is 9.33. The van der Waals surface area contributed by atoms with E-state index in [1.54, 1.807) is 9.13 Å². The number of anilines is 6. The van der Waals surface area contributed by atoms with Gasteiger partial charge in [-0.1, -0.05) is 273 Å². The van der Waals surface area contributed by atoms with Crippen LogP contribution in [-0.2, 0) is 27.1 Å². The first-order valence-electron chi connectivity index (χ1n) is 41.6. The number of rotatable bonds is 7. The number of hydrogen-bond donors (Lipinski definition) is 0. The van der Waals surface area contributed by atoms with Gasteiger partial charge in [0, 0.05) is 67.0 Å². The minimum Gasteiger partial charge on any atom is -0.311 e. The molecule has 0 amide bonds. The predicted octanol–water partition coefficient (Wildman–Crippen LogP) is 23.5. The Morgan fingerprint density at radius 1 is 0.258 bits per heavy atom. The molecule has 2 aliphatic heterocycles. The van der Waals surface area contributed by atoms with E-state index in [0.29, 0.717) is 22.7 Å². The van der Waals surface area contributed by atoms with Crippen molar-refractivity contribution < 1.29 is 21.9 Å². The summed E-state index contributed by atoms with van der Waals surface area (Å²) in [4.78, 5) is 4.45. The molecule has 0 unspecified atom stereocenters. The quantitative estimate of drug-likeness (QED) is 0.148. The Balaban J connectivity index is 1.05. The van der Waals surface area contributed by atoms with Gasteiger partial charge in [-0.25, -0.2) is 0 Å². The van der Waals surface area contributed by atoms with Crippen LogP contribution in [0.3, 0.4) is 0 Å². The first kappa shape index (κ1) is 46.1. The molecule has 0 radical (unpaired) electrons. The van der Waals surface area contributed by atoms with Gasteiger partial charge in [0.2, 0.25) is 0 Å². The maximum Gasteiger partial charge on any atom is 0.252 e. The minimum atomic E-state index is -0.677. The lowest BCUT2D eigenvalue weighted by Crippen LogP contribution is -2.61. The third-order valence-corrected chi connectivity index (χ3v) is 20.0. The Morgan fingerprint density at radius 3 is 0.845 bits per heavy atom. The smallest absolute Gasteiger partial charge is 0.252 e. The molecule has 4 nitrogen and oxygen atoms in total. The van der Waals surface area contributed by atoms with E-state index in [1.807, 2.05) is 36.4 Å². The molecule has 478 valence electrons. The van der Waals surface area contributed by atoms with E-state index < -0.39 is 103 Å². The van der Waals surface area contributed by atoms with Gasteiger partial charge >= 0.3 is 0 Å². The van der Waals surface area contributed by atoms with Crippen LogP contribution in [0.15, 0.2) is 254 Å².